The van der Waals surface area contributed by atoms with Gasteiger partial charge in [-0.15, -0.1) is 0 Å². The molecule has 0 amide bonds. The van der Waals surface area contributed by atoms with Crippen LogP contribution in [0.25, 0.3) is 27.9 Å². The number of aromatic amines is 2. The molecular weight excluding hydrogens is 308 g/mol. The van der Waals surface area contributed by atoms with Crippen LogP contribution in [0.3, 0.4) is 0 Å². The van der Waals surface area contributed by atoms with Crippen LogP contribution < -0.4 is 11.1 Å². The van der Waals surface area contributed by atoms with E-state index in [1.165, 1.54) is 6.20 Å². The Morgan fingerprint density at radius 3 is 2.79 bits per heavy atom. The highest BCUT2D eigenvalue weighted by atomic mass is 16.1. The van der Waals surface area contributed by atoms with Gasteiger partial charge in [-0.05, 0) is 19.1 Å². The Balaban J connectivity index is 2.11. The molecule has 3 aromatic heterocycles. The molecule has 0 saturated heterocycles. The first-order valence-corrected chi connectivity index (χ1v) is 7.10. The van der Waals surface area contributed by atoms with Gasteiger partial charge in [0.15, 0.2) is 5.65 Å². The second-order valence-corrected chi connectivity index (χ2v) is 5.27. The molecule has 0 atom stereocenters. The first-order valence-electron chi connectivity index (χ1n) is 7.10. The summed E-state index contributed by atoms with van der Waals surface area (Å²) in [7, 11) is 0. The first kappa shape index (κ1) is 13.9. The Labute approximate surface area is 134 Å². The van der Waals surface area contributed by atoms with Gasteiger partial charge in [0.25, 0.3) is 11.1 Å². The Morgan fingerprint density at radius 1 is 1.21 bits per heavy atom. The van der Waals surface area contributed by atoms with Crippen LogP contribution in [-0.4, -0.2) is 24.6 Å². The first-order chi connectivity index (χ1) is 11.6. The molecule has 116 valence electrons. The quantitative estimate of drug-likeness (QED) is 0.544. The van der Waals surface area contributed by atoms with Gasteiger partial charge in [-0.25, -0.2) is 9.97 Å². The highest BCUT2D eigenvalue weighted by molar-refractivity contribution is 5.77. The van der Waals surface area contributed by atoms with E-state index in [1.807, 2.05) is 6.07 Å². The summed E-state index contributed by atoms with van der Waals surface area (Å²) in [6.07, 6.45) is 1.39. The number of rotatable bonds is 1. The van der Waals surface area contributed by atoms with Crippen LogP contribution in [0.15, 0.2) is 40.1 Å². The lowest BCUT2D eigenvalue weighted by atomic mass is 10.1. The van der Waals surface area contributed by atoms with Gasteiger partial charge in [-0.2, -0.15) is 9.78 Å². The van der Waals surface area contributed by atoms with Crippen LogP contribution in [0.4, 0.5) is 0 Å². The summed E-state index contributed by atoms with van der Waals surface area (Å²) in [5.74, 6) is 0. The van der Waals surface area contributed by atoms with E-state index in [-0.39, 0.29) is 22.5 Å². The maximum Gasteiger partial charge on any atom is 0.282 e. The lowest BCUT2D eigenvalue weighted by molar-refractivity contribution is 0.890. The lowest BCUT2D eigenvalue weighted by Crippen LogP contribution is -2.24. The Bertz CT molecular complexity index is 1270. The second-order valence-electron chi connectivity index (χ2n) is 5.27. The van der Waals surface area contributed by atoms with Crippen molar-refractivity contribution in [2.75, 3.05) is 0 Å². The number of aromatic nitrogens is 5. The summed E-state index contributed by atoms with van der Waals surface area (Å²) >= 11 is 0. The number of nitriles is 1. The van der Waals surface area contributed by atoms with Crippen LogP contribution in [0.1, 0.15) is 11.3 Å². The molecule has 0 saturated carbocycles. The summed E-state index contributed by atoms with van der Waals surface area (Å²) in [6, 6.07) is 9.03. The molecule has 0 bridgehead atoms. The summed E-state index contributed by atoms with van der Waals surface area (Å²) < 4.78 is 1.14. The van der Waals surface area contributed by atoms with E-state index in [0.29, 0.717) is 16.7 Å². The molecule has 0 radical (unpaired) electrons. The van der Waals surface area contributed by atoms with E-state index >= 15 is 0 Å². The zero-order chi connectivity index (χ0) is 16.8. The normalized spacial score (nSPS) is 11.0. The standard InChI is InChI=1S/C16H10N6O2/c1-8-12(16(24)22-14(19-8)9(6-17)7-18-22)13-15(23)21-11-5-3-2-4-10(11)20-13/h2-5,7,18H,1H3,(H,21,23). The van der Waals surface area contributed by atoms with E-state index in [9.17, 15) is 9.59 Å². The molecular formula is C16H10N6O2. The van der Waals surface area contributed by atoms with E-state index in [1.54, 1.807) is 31.2 Å². The summed E-state index contributed by atoms with van der Waals surface area (Å²) in [4.78, 5) is 36.5. The van der Waals surface area contributed by atoms with Gasteiger partial charge >= 0.3 is 0 Å². The maximum atomic E-state index is 12.8. The number of hydrogen-bond acceptors (Lipinski definition) is 5. The Hall–Kier alpha value is -3.73. The molecule has 0 aliphatic heterocycles. The van der Waals surface area contributed by atoms with E-state index in [4.69, 9.17) is 5.26 Å². The predicted molar refractivity (Wildman–Crippen MR) is 86.6 cm³/mol. The van der Waals surface area contributed by atoms with Gasteiger partial charge in [0.1, 0.15) is 17.3 Å². The molecule has 4 aromatic rings. The Kier molecular flexibility index (Phi) is 2.83. The van der Waals surface area contributed by atoms with Gasteiger partial charge in [-0.3, -0.25) is 14.7 Å². The van der Waals surface area contributed by atoms with Gasteiger partial charge in [-0.1, -0.05) is 12.1 Å². The zero-order valence-corrected chi connectivity index (χ0v) is 12.5. The molecule has 24 heavy (non-hydrogen) atoms. The molecule has 1 aromatic carbocycles. The minimum Gasteiger partial charge on any atom is -0.319 e. The minimum absolute atomic E-state index is 0.00575. The fourth-order valence-corrected chi connectivity index (χ4v) is 2.68. The third-order valence-corrected chi connectivity index (χ3v) is 3.80. The molecule has 3 heterocycles. The number of nitrogens with one attached hydrogen (secondary N) is 2. The molecule has 0 spiro atoms. The van der Waals surface area contributed by atoms with Crippen molar-refractivity contribution >= 4 is 16.7 Å². The van der Waals surface area contributed by atoms with Crippen molar-refractivity contribution in [3.8, 4) is 17.3 Å². The van der Waals surface area contributed by atoms with Crippen molar-refractivity contribution in [3.63, 3.8) is 0 Å². The molecule has 2 N–H and O–H groups in total. The van der Waals surface area contributed by atoms with Crippen molar-refractivity contribution in [2.24, 2.45) is 0 Å². The van der Waals surface area contributed by atoms with E-state index < -0.39 is 11.1 Å². The number of fused-ring (bicyclic) bond motifs is 2. The van der Waals surface area contributed by atoms with Crippen molar-refractivity contribution in [3.05, 3.63) is 62.4 Å². The second kappa shape index (κ2) is 4.89. The topological polar surface area (TPSA) is 120 Å². The summed E-state index contributed by atoms with van der Waals surface area (Å²) in [6.45, 7) is 1.61. The van der Waals surface area contributed by atoms with Gasteiger partial charge in [0.05, 0.1) is 22.3 Å². The molecule has 0 fully saturated rings. The van der Waals surface area contributed by atoms with Gasteiger partial charge < -0.3 is 4.98 Å². The zero-order valence-electron chi connectivity index (χ0n) is 12.5. The van der Waals surface area contributed by atoms with E-state index in [0.717, 1.165) is 4.52 Å². The summed E-state index contributed by atoms with van der Waals surface area (Å²) in [5, 5.41) is 11.7. The van der Waals surface area contributed by atoms with Crippen LogP contribution in [0.5, 0.6) is 0 Å². The Morgan fingerprint density at radius 2 is 2.00 bits per heavy atom. The third-order valence-electron chi connectivity index (χ3n) is 3.80. The van der Waals surface area contributed by atoms with E-state index in [2.05, 4.69) is 20.1 Å². The fourth-order valence-electron chi connectivity index (χ4n) is 2.68. The van der Waals surface area contributed by atoms with Crippen LogP contribution >= 0.6 is 0 Å². The predicted octanol–water partition coefficient (Wildman–Crippen LogP) is 1.11. The molecule has 0 aliphatic rings. The van der Waals surface area contributed by atoms with Crippen LogP contribution in [-0.2, 0) is 0 Å². The highest BCUT2D eigenvalue weighted by Gasteiger charge is 2.19. The molecule has 8 heteroatoms. The number of benzene rings is 1. The number of hydrogen-bond donors (Lipinski definition) is 2. The largest absolute Gasteiger partial charge is 0.319 e. The maximum absolute atomic E-state index is 12.8. The summed E-state index contributed by atoms with van der Waals surface area (Å²) in [5.41, 5.74) is 1.13. The van der Waals surface area contributed by atoms with Crippen molar-refractivity contribution in [1.29, 1.82) is 5.26 Å². The van der Waals surface area contributed by atoms with Gasteiger partial charge in [0.2, 0.25) is 0 Å². The molecule has 0 unspecified atom stereocenters. The number of para-hydroxylation sites is 2. The number of H-pyrrole nitrogens is 2. The third kappa shape index (κ3) is 1.85. The molecule has 0 aliphatic carbocycles. The minimum atomic E-state index is -0.479. The van der Waals surface area contributed by atoms with Crippen LogP contribution in [0, 0.1) is 18.3 Å². The average Bonchev–Trinajstić information content (AvgIpc) is 2.98. The van der Waals surface area contributed by atoms with Crippen LogP contribution in [0.2, 0.25) is 0 Å². The molecule has 8 nitrogen and oxygen atoms in total. The smallest absolute Gasteiger partial charge is 0.282 e. The highest BCUT2D eigenvalue weighted by Crippen LogP contribution is 2.17. The number of nitrogens with zero attached hydrogens (tertiary/aromatic N) is 4. The van der Waals surface area contributed by atoms with Crippen molar-refractivity contribution < 1.29 is 0 Å². The van der Waals surface area contributed by atoms with Crippen molar-refractivity contribution in [1.82, 2.24) is 24.6 Å². The lowest BCUT2D eigenvalue weighted by Gasteiger charge is -2.05. The van der Waals surface area contributed by atoms with Gasteiger partial charge in [0, 0.05) is 6.20 Å². The molecule has 4 rings (SSSR count). The fraction of sp³-hybridized carbons (Fsp3) is 0.0625. The van der Waals surface area contributed by atoms with Crippen molar-refractivity contribution in [2.45, 2.75) is 6.92 Å². The monoisotopic (exact) mass is 318 g/mol. The SMILES string of the molecule is Cc1nc2c(C#N)c[nH]n2c(=O)c1-c1nc2ccccc2[nH]c1=O. The number of aryl methyl sites for hydroxylation is 1. The average molecular weight is 318 g/mol.